The van der Waals surface area contributed by atoms with Gasteiger partial charge in [-0.3, -0.25) is 4.79 Å². The first-order chi connectivity index (χ1) is 14.3. The molecule has 154 valence electrons. The molecule has 0 radical (unpaired) electrons. The maximum absolute atomic E-state index is 13.0. The summed E-state index contributed by atoms with van der Waals surface area (Å²) in [7, 11) is 0. The number of amides is 1. The molecule has 0 aliphatic carbocycles. The Morgan fingerprint density at radius 3 is 2.70 bits per heavy atom. The van der Waals surface area contributed by atoms with Gasteiger partial charge in [0.1, 0.15) is 32.3 Å². The van der Waals surface area contributed by atoms with Crippen molar-refractivity contribution in [1.29, 1.82) is 0 Å². The van der Waals surface area contributed by atoms with Crippen LogP contribution in [0.1, 0.15) is 26.9 Å². The Balaban J connectivity index is 1.37. The van der Waals surface area contributed by atoms with Crippen molar-refractivity contribution in [3.63, 3.8) is 0 Å². The van der Waals surface area contributed by atoms with Gasteiger partial charge in [-0.15, -0.1) is 11.3 Å². The molecule has 0 spiro atoms. The molecule has 0 saturated carbocycles. The predicted molar refractivity (Wildman–Crippen MR) is 118 cm³/mol. The van der Waals surface area contributed by atoms with Gasteiger partial charge in [0.15, 0.2) is 5.65 Å². The van der Waals surface area contributed by atoms with Crippen molar-refractivity contribution < 1.29 is 4.79 Å². The minimum atomic E-state index is -0.181. The maximum atomic E-state index is 13.0. The Hall–Kier alpha value is -2.98. The van der Waals surface area contributed by atoms with E-state index in [0.29, 0.717) is 40.5 Å². The number of halogens is 1. The van der Waals surface area contributed by atoms with Crippen LogP contribution in [0, 0.1) is 20.8 Å². The predicted octanol–water partition coefficient (Wildman–Crippen LogP) is 2.51. The van der Waals surface area contributed by atoms with Crippen LogP contribution in [0.25, 0.3) is 15.9 Å². The second kappa shape index (κ2) is 6.78. The summed E-state index contributed by atoms with van der Waals surface area (Å²) in [5.41, 5.74) is 8.58. The molecule has 9 nitrogen and oxygen atoms in total. The van der Waals surface area contributed by atoms with Crippen molar-refractivity contribution in [1.82, 2.24) is 29.9 Å². The number of hydrogen-bond acceptors (Lipinski definition) is 8. The van der Waals surface area contributed by atoms with Gasteiger partial charge in [-0.1, -0.05) is 11.6 Å². The number of carbonyl (C=O) groups excluding carboxylic acids is 1. The van der Waals surface area contributed by atoms with E-state index in [0.717, 1.165) is 27.2 Å². The molecule has 0 atom stereocenters. The highest BCUT2D eigenvalue weighted by Crippen LogP contribution is 2.36. The van der Waals surface area contributed by atoms with E-state index in [1.165, 1.54) is 11.3 Å². The van der Waals surface area contributed by atoms with E-state index < -0.39 is 0 Å². The molecule has 11 heteroatoms. The third-order valence-corrected chi connectivity index (χ3v) is 6.51. The zero-order chi connectivity index (χ0) is 21.2. The molecule has 1 aliphatic heterocycles. The topological polar surface area (TPSA) is 114 Å². The summed E-state index contributed by atoms with van der Waals surface area (Å²) in [5.74, 6) is 1.88. The zero-order valence-corrected chi connectivity index (χ0v) is 18.2. The van der Waals surface area contributed by atoms with Crippen LogP contribution in [0.3, 0.4) is 0 Å². The highest BCUT2D eigenvalue weighted by Gasteiger charge is 2.31. The molecule has 5 heterocycles. The summed E-state index contributed by atoms with van der Waals surface area (Å²) in [6.07, 6.45) is 0. The number of aromatic nitrogens is 5. The Kier molecular flexibility index (Phi) is 4.30. The van der Waals surface area contributed by atoms with Crippen LogP contribution >= 0.6 is 22.9 Å². The number of anilines is 2. The van der Waals surface area contributed by atoms with Crippen molar-refractivity contribution >= 4 is 56.2 Å². The number of carbonyl (C=O) groups is 1. The lowest BCUT2D eigenvalue weighted by molar-refractivity contribution is 0.0935. The molecule has 4 aromatic rings. The van der Waals surface area contributed by atoms with Gasteiger partial charge < -0.3 is 16.0 Å². The van der Waals surface area contributed by atoms with E-state index in [1.807, 2.05) is 24.8 Å². The van der Waals surface area contributed by atoms with Crippen molar-refractivity contribution in [2.24, 2.45) is 0 Å². The van der Waals surface area contributed by atoms with Gasteiger partial charge in [0.25, 0.3) is 5.91 Å². The first-order valence-electron chi connectivity index (χ1n) is 9.42. The van der Waals surface area contributed by atoms with Gasteiger partial charge in [0, 0.05) is 24.5 Å². The van der Waals surface area contributed by atoms with Crippen LogP contribution in [0.4, 0.5) is 11.5 Å². The van der Waals surface area contributed by atoms with Crippen LogP contribution < -0.4 is 16.0 Å². The second-order valence-corrected chi connectivity index (χ2v) is 8.84. The monoisotopic (exact) mass is 442 g/mol. The third-order valence-electron chi connectivity index (χ3n) is 5.14. The van der Waals surface area contributed by atoms with Crippen molar-refractivity contribution in [3.05, 3.63) is 39.4 Å². The molecule has 0 aromatic carbocycles. The van der Waals surface area contributed by atoms with Crippen LogP contribution in [-0.2, 0) is 0 Å². The summed E-state index contributed by atoms with van der Waals surface area (Å²) in [6.45, 7) is 6.90. The molecule has 0 unspecified atom stereocenters. The van der Waals surface area contributed by atoms with E-state index >= 15 is 0 Å². The number of nitrogens with zero attached hydrogens (tertiary/aromatic N) is 6. The number of fused-ring (bicyclic) bond motifs is 3. The smallest absolute Gasteiger partial charge is 0.263 e. The van der Waals surface area contributed by atoms with Crippen molar-refractivity contribution in [2.45, 2.75) is 26.8 Å². The molecule has 1 aliphatic rings. The SMILES string of the molecule is Cc1nc(Cl)cc(N2CC(NC(=O)c3sc4c(c(C)cc5nc(C)nn54)c3N)C2)n1. The van der Waals surface area contributed by atoms with Crippen molar-refractivity contribution in [3.8, 4) is 0 Å². The summed E-state index contributed by atoms with van der Waals surface area (Å²) >= 11 is 7.35. The fourth-order valence-electron chi connectivity index (χ4n) is 3.76. The number of thiophene rings is 1. The molecule has 3 N–H and O–H groups in total. The average Bonchev–Trinajstić information content (AvgIpc) is 3.16. The molecule has 1 fully saturated rings. The minimum absolute atomic E-state index is 0.00545. The molecule has 1 saturated heterocycles. The van der Waals surface area contributed by atoms with Gasteiger partial charge in [-0.05, 0) is 32.4 Å². The molecule has 30 heavy (non-hydrogen) atoms. The highest BCUT2D eigenvalue weighted by atomic mass is 35.5. The summed E-state index contributed by atoms with van der Waals surface area (Å²) in [5, 5.41) is 8.77. The summed E-state index contributed by atoms with van der Waals surface area (Å²) in [4.78, 5) is 29.2. The lowest BCUT2D eigenvalue weighted by Gasteiger charge is -2.40. The van der Waals surface area contributed by atoms with E-state index in [-0.39, 0.29) is 11.9 Å². The number of nitrogen functional groups attached to an aromatic ring is 1. The van der Waals surface area contributed by atoms with E-state index in [4.69, 9.17) is 17.3 Å². The van der Waals surface area contributed by atoms with E-state index in [2.05, 4.69) is 25.4 Å². The van der Waals surface area contributed by atoms with Crippen LogP contribution in [0.15, 0.2) is 12.1 Å². The first-order valence-corrected chi connectivity index (χ1v) is 10.6. The molecule has 4 aromatic heterocycles. The average molecular weight is 443 g/mol. The normalized spacial score (nSPS) is 14.5. The van der Waals surface area contributed by atoms with Crippen molar-refractivity contribution in [2.75, 3.05) is 23.7 Å². The summed E-state index contributed by atoms with van der Waals surface area (Å²) < 4.78 is 1.75. The third kappa shape index (κ3) is 3.03. The van der Waals surface area contributed by atoms with Gasteiger partial charge in [-0.2, -0.15) is 5.10 Å². The van der Waals surface area contributed by atoms with Crippen LogP contribution in [0.5, 0.6) is 0 Å². The lowest BCUT2D eigenvalue weighted by Crippen LogP contribution is -2.59. The standard InChI is InChI=1S/C19H19ClN8OS/c1-8-4-14-24-10(3)26-28(14)19-15(8)16(21)17(30-19)18(29)25-11-6-27(7-11)13-5-12(20)22-9(2)23-13/h4-5,11H,6-7,21H2,1-3H3,(H,25,29). The number of hydrogen-bond donors (Lipinski definition) is 2. The molecule has 0 bridgehead atoms. The van der Waals surface area contributed by atoms with Gasteiger partial charge >= 0.3 is 0 Å². The maximum Gasteiger partial charge on any atom is 0.263 e. The number of nitrogens with one attached hydrogen (secondary N) is 1. The van der Waals surface area contributed by atoms with Gasteiger partial charge in [0.2, 0.25) is 0 Å². The number of nitrogens with two attached hydrogens (primary N) is 1. The Bertz CT molecular complexity index is 1300. The first kappa shape index (κ1) is 19.0. The minimum Gasteiger partial charge on any atom is -0.397 e. The Labute approximate surface area is 180 Å². The molecule has 5 rings (SSSR count). The lowest BCUT2D eigenvalue weighted by atomic mass is 10.1. The largest absolute Gasteiger partial charge is 0.397 e. The highest BCUT2D eigenvalue weighted by molar-refractivity contribution is 7.21. The van der Waals surface area contributed by atoms with E-state index in [9.17, 15) is 4.79 Å². The Morgan fingerprint density at radius 2 is 1.97 bits per heavy atom. The van der Waals surface area contributed by atoms with Gasteiger partial charge in [-0.25, -0.2) is 19.5 Å². The molecular formula is C19H19ClN8OS. The quantitative estimate of drug-likeness (QED) is 0.468. The van der Waals surface area contributed by atoms with Gasteiger partial charge in [0.05, 0.1) is 11.7 Å². The van der Waals surface area contributed by atoms with Crippen LogP contribution in [-0.4, -0.2) is 49.6 Å². The number of rotatable bonds is 3. The fraction of sp³-hybridized carbons (Fsp3) is 0.316. The Morgan fingerprint density at radius 1 is 1.20 bits per heavy atom. The number of pyridine rings is 1. The summed E-state index contributed by atoms with van der Waals surface area (Å²) in [6, 6.07) is 3.67. The fourth-order valence-corrected chi connectivity index (χ4v) is 5.13. The molecular weight excluding hydrogens is 424 g/mol. The molecule has 1 amide bonds. The van der Waals surface area contributed by atoms with Crippen LogP contribution in [0.2, 0.25) is 5.15 Å². The second-order valence-electron chi connectivity index (χ2n) is 7.45. The number of aryl methyl sites for hydroxylation is 3. The zero-order valence-electron chi connectivity index (χ0n) is 16.6. The van der Waals surface area contributed by atoms with E-state index in [1.54, 1.807) is 17.5 Å².